The fraction of sp³-hybridized carbons (Fsp3) is 0.280. The van der Waals surface area contributed by atoms with Gasteiger partial charge in [0, 0.05) is 33.6 Å². The third-order valence-corrected chi connectivity index (χ3v) is 6.35. The van der Waals surface area contributed by atoms with Crippen LogP contribution in [0.1, 0.15) is 49.8 Å². The topological polar surface area (TPSA) is 55.3 Å². The van der Waals surface area contributed by atoms with Crippen molar-refractivity contribution in [1.29, 1.82) is 0 Å². The van der Waals surface area contributed by atoms with E-state index in [2.05, 4.69) is 76.3 Å². The summed E-state index contributed by atoms with van der Waals surface area (Å²) >= 11 is 3.78. The lowest BCUT2D eigenvalue weighted by molar-refractivity contribution is 0.613. The molecule has 1 unspecified atom stereocenters. The molecule has 1 aliphatic rings. The van der Waals surface area contributed by atoms with Crippen molar-refractivity contribution in [3.63, 3.8) is 0 Å². The quantitative estimate of drug-likeness (QED) is 0.322. The lowest BCUT2D eigenvalue weighted by Gasteiger charge is -2.41. The number of unbranched alkanes of at least 4 members (excludes halogenated alkanes) is 3. The number of benzene rings is 3. The van der Waals surface area contributed by atoms with E-state index in [1.54, 1.807) is 0 Å². The first kappa shape index (κ1) is 19.8. The molecule has 0 bridgehead atoms. The number of hydrogen-bond acceptors (Lipinski definition) is 3. The molecule has 0 radical (unpaired) electrons. The number of nitrogens with zero attached hydrogens (tertiary/aromatic N) is 1. The highest BCUT2D eigenvalue weighted by molar-refractivity contribution is 9.10. The second-order valence-corrected chi connectivity index (χ2v) is 8.67. The van der Waals surface area contributed by atoms with Gasteiger partial charge in [-0.1, -0.05) is 62.6 Å². The monoisotopic (exact) mass is 449 g/mol. The standard InChI is InChI=1S/C25H28BrN3/c1-2-3-4-8-13-29-23-16-19(28)15-22(26)24(23)20-12-11-18(27)14-21(20)25(29)17-9-6-5-7-10-17/h5-7,9-12,14-16,25H,2-4,8,13,27-28H2,1H3. The van der Waals surface area contributed by atoms with Crippen LogP contribution in [0.2, 0.25) is 0 Å². The number of nitrogens with two attached hydrogens (primary N) is 2. The van der Waals surface area contributed by atoms with E-state index in [9.17, 15) is 0 Å². The Labute approximate surface area is 181 Å². The molecule has 0 aliphatic carbocycles. The van der Waals surface area contributed by atoms with Crippen LogP contribution in [0.5, 0.6) is 0 Å². The third kappa shape index (κ3) is 3.86. The van der Waals surface area contributed by atoms with Gasteiger partial charge in [0.05, 0.1) is 6.04 Å². The zero-order chi connectivity index (χ0) is 20.4. The second kappa shape index (κ2) is 8.50. The van der Waals surface area contributed by atoms with Crippen LogP contribution in [0.3, 0.4) is 0 Å². The Hall–Kier alpha value is -2.46. The highest BCUT2D eigenvalue weighted by Gasteiger charge is 2.33. The summed E-state index contributed by atoms with van der Waals surface area (Å²) in [6.45, 7) is 3.23. The molecule has 0 spiro atoms. The smallest absolute Gasteiger partial charge is 0.0802 e. The van der Waals surface area contributed by atoms with Gasteiger partial charge in [0.15, 0.2) is 0 Å². The van der Waals surface area contributed by atoms with Gasteiger partial charge < -0.3 is 16.4 Å². The van der Waals surface area contributed by atoms with Gasteiger partial charge in [0.25, 0.3) is 0 Å². The van der Waals surface area contributed by atoms with Crippen LogP contribution in [-0.4, -0.2) is 6.54 Å². The van der Waals surface area contributed by atoms with Gasteiger partial charge in [-0.2, -0.15) is 0 Å². The summed E-state index contributed by atoms with van der Waals surface area (Å²) < 4.78 is 1.03. The van der Waals surface area contributed by atoms with Crippen molar-refractivity contribution in [3.05, 3.63) is 76.3 Å². The van der Waals surface area contributed by atoms with Crippen molar-refractivity contribution in [2.24, 2.45) is 0 Å². The van der Waals surface area contributed by atoms with Crippen LogP contribution < -0.4 is 16.4 Å². The Morgan fingerprint density at radius 3 is 2.45 bits per heavy atom. The molecule has 4 heteroatoms. The molecule has 29 heavy (non-hydrogen) atoms. The van der Waals surface area contributed by atoms with Gasteiger partial charge in [-0.15, -0.1) is 0 Å². The van der Waals surface area contributed by atoms with Crippen molar-refractivity contribution in [3.8, 4) is 11.1 Å². The van der Waals surface area contributed by atoms with Crippen LogP contribution in [0.25, 0.3) is 11.1 Å². The van der Waals surface area contributed by atoms with Crippen LogP contribution in [-0.2, 0) is 0 Å². The van der Waals surface area contributed by atoms with Gasteiger partial charge >= 0.3 is 0 Å². The zero-order valence-corrected chi connectivity index (χ0v) is 18.5. The molecular formula is C25H28BrN3. The van der Waals surface area contributed by atoms with E-state index < -0.39 is 0 Å². The van der Waals surface area contributed by atoms with E-state index in [4.69, 9.17) is 11.5 Å². The molecular weight excluding hydrogens is 422 g/mol. The Bertz CT molecular complexity index is 1000. The number of nitrogen functional groups attached to an aromatic ring is 2. The average molecular weight is 450 g/mol. The number of halogens is 1. The molecule has 4 rings (SSSR count). The van der Waals surface area contributed by atoms with Gasteiger partial charge in [0.2, 0.25) is 0 Å². The van der Waals surface area contributed by atoms with E-state index in [-0.39, 0.29) is 6.04 Å². The molecule has 4 N–H and O–H groups in total. The fourth-order valence-electron chi connectivity index (χ4n) is 4.40. The first-order chi connectivity index (χ1) is 14.1. The summed E-state index contributed by atoms with van der Waals surface area (Å²) in [5, 5.41) is 0. The molecule has 150 valence electrons. The molecule has 0 saturated carbocycles. The Kier molecular flexibility index (Phi) is 5.81. The van der Waals surface area contributed by atoms with E-state index in [1.807, 2.05) is 12.1 Å². The number of fused-ring (bicyclic) bond motifs is 3. The third-order valence-electron chi connectivity index (χ3n) is 5.72. The van der Waals surface area contributed by atoms with Crippen molar-refractivity contribution in [2.75, 3.05) is 22.9 Å². The van der Waals surface area contributed by atoms with Crippen LogP contribution in [0, 0.1) is 0 Å². The summed E-state index contributed by atoms with van der Waals surface area (Å²) in [5.74, 6) is 0. The van der Waals surface area contributed by atoms with Crippen molar-refractivity contribution in [2.45, 2.75) is 38.6 Å². The van der Waals surface area contributed by atoms with Gasteiger partial charge in [0.1, 0.15) is 0 Å². The molecule has 0 fully saturated rings. The van der Waals surface area contributed by atoms with Crippen LogP contribution >= 0.6 is 15.9 Å². The molecule has 0 saturated heterocycles. The second-order valence-electron chi connectivity index (χ2n) is 7.81. The van der Waals surface area contributed by atoms with E-state index in [0.717, 1.165) is 28.8 Å². The van der Waals surface area contributed by atoms with Crippen LogP contribution in [0.15, 0.2) is 65.1 Å². The molecule has 3 aromatic rings. The minimum atomic E-state index is 0.123. The Morgan fingerprint density at radius 2 is 1.69 bits per heavy atom. The Morgan fingerprint density at radius 1 is 0.897 bits per heavy atom. The predicted molar refractivity (Wildman–Crippen MR) is 128 cm³/mol. The number of rotatable bonds is 6. The van der Waals surface area contributed by atoms with Crippen molar-refractivity contribution >= 4 is 33.0 Å². The van der Waals surface area contributed by atoms with Crippen molar-refractivity contribution < 1.29 is 0 Å². The largest absolute Gasteiger partial charge is 0.399 e. The number of hydrogen-bond donors (Lipinski definition) is 2. The first-order valence-corrected chi connectivity index (χ1v) is 11.2. The van der Waals surface area contributed by atoms with Gasteiger partial charge in [-0.05, 0) is 63.3 Å². The first-order valence-electron chi connectivity index (χ1n) is 10.4. The molecule has 3 nitrogen and oxygen atoms in total. The van der Waals surface area contributed by atoms with E-state index >= 15 is 0 Å². The maximum absolute atomic E-state index is 6.27. The molecule has 1 aliphatic heterocycles. The van der Waals surface area contributed by atoms with Gasteiger partial charge in [-0.25, -0.2) is 0 Å². The molecule has 1 heterocycles. The highest BCUT2D eigenvalue weighted by Crippen LogP contribution is 2.51. The van der Waals surface area contributed by atoms with E-state index in [0.29, 0.717) is 0 Å². The highest BCUT2D eigenvalue weighted by atomic mass is 79.9. The zero-order valence-electron chi connectivity index (χ0n) is 16.9. The molecule has 3 aromatic carbocycles. The maximum Gasteiger partial charge on any atom is 0.0802 e. The fourth-order valence-corrected chi connectivity index (χ4v) is 5.08. The summed E-state index contributed by atoms with van der Waals surface area (Å²) in [6.07, 6.45) is 4.88. The summed E-state index contributed by atoms with van der Waals surface area (Å²) in [7, 11) is 0. The molecule has 0 amide bonds. The maximum atomic E-state index is 6.27. The lowest BCUT2D eigenvalue weighted by Crippen LogP contribution is -2.34. The van der Waals surface area contributed by atoms with Gasteiger partial charge in [-0.3, -0.25) is 0 Å². The minimum absolute atomic E-state index is 0.123. The van der Waals surface area contributed by atoms with Crippen molar-refractivity contribution in [1.82, 2.24) is 0 Å². The lowest BCUT2D eigenvalue weighted by atomic mass is 9.84. The summed E-state index contributed by atoms with van der Waals surface area (Å²) in [4.78, 5) is 2.52. The summed E-state index contributed by atoms with van der Waals surface area (Å²) in [5.41, 5.74) is 20.2. The minimum Gasteiger partial charge on any atom is -0.399 e. The number of anilines is 3. The normalized spacial score (nSPS) is 15.1. The predicted octanol–water partition coefficient (Wildman–Crippen LogP) is 6.77. The average Bonchev–Trinajstić information content (AvgIpc) is 2.71. The molecule has 1 atom stereocenters. The SMILES string of the molecule is CCCCCCN1c2cc(N)cc(Br)c2-c2ccc(N)cc2C1c1ccccc1. The Balaban J connectivity index is 1.91. The summed E-state index contributed by atoms with van der Waals surface area (Å²) in [6, 6.07) is 21.2. The van der Waals surface area contributed by atoms with Crippen LogP contribution in [0.4, 0.5) is 17.1 Å². The van der Waals surface area contributed by atoms with E-state index in [1.165, 1.54) is 47.2 Å². The molecule has 0 aromatic heterocycles.